The van der Waals surface area contributed by atoms with Crippen LogP contribution in [0.5, 0.6) is 0 Å². The van der Waals surface area contributed by atoms with Crippen molar-refractivity contribution >= 4 is 52.7 Å². The second kappa shape index (κ2) is 11.3. The molecule has 14 heteroatoms. The van der Waals surface area contributed by atoms with Crippen molar-refractivity contribution in [3.8, 4) is 0 Å². The van der Waals surface area contributed by atoms with E-state index in [1.54, 1.807) is 20.8 Å². The Morgan fingerprint density at radius 1 is 1.18 bits per heavy atom. The number of likely N-dealkylation sites (N-methyl/N-ethyl adjacent to an activating group) is 1. The molecule has 3 rings (SSSR count). The number of pyridine rings is 1. The Kier molecular flexibility index (Phi) is 8.68. The van der Waals surface area contributed by atoms with Crippen LogP contribution in [0.25, 0.3) is 0 Å². The number of nitrogens with zero attached hydrogens (tertiary/aromatic N) is 3. The summed E-state index contributed by atoms with van der Waals surface area (Å²) in [5.41, 5.74) is -1.92. The molecule has 1 aromatic carbocycles. The molecule has 0 unspecified atom stereocenters. The smallest absolute Gasteiger partial charge is 0.416 e. The molecule has 0 radical (unpaired) electrons. The molecule has 1 aliphatic heterocycles. The lowest BCUT2D eigenvalue weighted by Crippen LogP contribution is -2.50. The third-order valence-electron chi connectivity index (χ3n) is 5.90. The lowest BCUT2D eigenvalue weighted by atomic mass is 9.98. The number of amides is 3. The summed E-state index contributed by atoms with van der Waals surface area (Å²) in [7, 11) is 2.36. The number of carbonyl (C=O) groups is 4. The molecule has 2 aromatic rings. The molecule has 216 valence electrons. The van der Waals surface area contributed by atoms with Crippen molar-refractivity contribution in [3.05, 3.63) is 46.6 Å². The van der Waals surface area contributed by atoms with E-state index in [0.717, 1.165) is 23.0 Å². The summed E-state index contributed by atoms with van der Waals surface area (Å²) < 4.78 is 50.7. The van der Waals surface area contributed by atoms with E-state index in [4.69, 9.17) is 21.1 Å². The van der Waals surface area contributed by atoms with E-state index >= 15 is 0 Å². The van der Waals surface area contributed by atoms with Crippen molar-refractivity contribution in [2.45, 2.75) is 51.9 Å². The summed E-state index contributed by atoms with van der Waals surface area (Å²) in [6, 6.07) is 4.21. The van der Waals surface area contributed by atoms with Crippen LogP contribution in [0.4, 0.5) is 35.2 Å². The highest BCUT2D eigenvalue weighted by molar-refractivity contribution is 6.34. The van der Waals surface area contributed by atoms with Crippen LogP contribution in [-0.4, -0.2) is 54.7 Å². The van der Waals surface area contributed by atoms with Gasteiger partial charge in [0.05, 0.1) is 35.0 Å². The van der Waals surface area contributed by atoms with E-state index in [9.17, 15) is 32.3 Å². The first kappa shape index (κ1) is 30.7. The summed E-state index contributed by atoms with van der Waals surface area (Å²) in [6.07, 6.45) is -6.13. The molecular formula is C26H28ClF3N4O6. The minimum absolute atomic E-state index is 0.00667. The van der Waals surface area contributed by atoms with Crippen LogP contribution >= 0.6 is 11.6 Å². The highest BCUT2D eigenvalue weighted by atomic mass is 35.5. The molecule has 1 aliphatic rings. The summed E-state index contributed by atoms with van der Waals surface area (Å²) in [5.74, 6) is -4.39. The zero-order valence-electron chi connectivity index (χ0n) is 22.6. The van der Waals surface area contributed by atoms with Crippen molar-refractivity contribution in [1.82, 2.24) is 4.98 Å². The number of esters is 1. The Hall–Kier alpha value is -3.87. The topological polar surface area (TPSA) is 118 Å². The number of aromatic nitrogens is 1. The Bertz CT molecular complexity index is 1340. The number of carbonyl (C=O) groups excluding carboxylic acids is 4. The predicted molar refractivity (Wildman–Crippen MR) is 140 cm³/mol. The highest BCUT2D eigenvalue weighted by Crippen LogP contribution is 2.39. The third-order valence-corrected chi connectivity index (χ3v) is 6.22. The molecule has 0 spiro atoms. The third kappa shape index (κ3) is 6.64. The van der Waals surface area contributed by atoms with Crippen LogP contribution in [-0.2, 0) is 30.0 Å². The van der Waals surface area contributed by atoms with Crippen molar-refractivity contribution in [2.24, 2.45) is 5.92 Å². The van der Waals surface area contributed by atoms with Crippen LogP contribution in [0.1, 0.15) is 38.4 Å². The van der Waals surface area contributed by atoms with Gasteiger partial charge < -0.3 is 14.4 Å². The lowest BCUT2D eigenvalue weighted by Gasteiger charge is -2.31. The SMILES string of the molecule is COC(=O)[C@H]1CC(=O)N(c2cc(C(F)(F)F)cc(C)n2)[C@@H]1C(=O)N(C)c1cccc(Cl)c1NC(=O)OC(C)(C)C. The van der Waals surface area contributed by atoms with Crippen LogP contribution in [0.3, 0.4) is 0 Å². The number of aryl methyl sites for hydroxylation is 1. The Labute approximate surface area is 233 Å². The molecule has 0 saturated carbocycles. The van der Waals surface area contributed by atoms with E-state index in [1.165, 1.54) is 32.2 Å². The van der Waals surface area contributed by atoms with Gasteiger partial charge in [-0.3, -0.25) is 24.6 Å². The van der Waals surface area contributed by atoms with Crippen molar-refractivity contribution in [1.29, 1.82) is 0 Å². The van der Waals surface area contributed by atoms with Crippen molar-refractivity contribution < 1.29 is 41.8 Å². The van der Waals surface area contributed by atoms with E-state index in [2.05, 4.69) is 10.3 Å². The van der Waals surface area contributed by atoms with E-state index < -0.39 is 65.4 Å². The van der Waals surface area contributed by atoms with Gasteiger partial charge in [-0.05, 0) is 52.0 Å². The van der Waals surface area contributed by atoms with Gasteiger partial charge in [0.25, 0.3) is 5.91 Å². The molecule has 1 fully saturated rings. The highest BCUT2D eigenvalue weighted by Gasteiger charge is 2.51. The molecular weight excluding hydrogens is 557 g/mol. The number of benzene rings is 1. The van der Waals surface area contributed by atoms with Gasteiger partial charge >= 0.3 is 18.2 Å². The van der Waals surface area contributed by atoms with Gasteiger partial charge in [-0.15, -0.1) is 0 Å². The monoisotopic (exact) mass is 584 g/mol. The Morgan fingerprint density at radius 3 is 2.40 bits per heavy atom. The van der Waals surface area contributed by atoms with Crippen LogP contribution in [0.15, 0.2) is 30.3 Å². The molecule has 1 aromatic heterocycles. The van der Waals surface area contributed by atoms with Gasteiger partial charge in [-0.1, -0.05) is 17.7 Å². The van der Waals surface area contributed by atoms with Crippen LogP contribution < -0.4 is 15.1 Å². The first-order chi connectivity index (χ1) is 18.4. The van der Waals surface area contributed by atoms with Gasteiger partial charge in [0, 0.05) is 19.2 Å². The number of alkyl halides is 3. The molecule has 1 N–H and O–H groups in total. The molecule has 40 heavy (non-hydrogen) atoms. The molecule has 1 saturated heterocycles. The molecule has 3 amide bonds. The fourth-order valence-corrected chi connectivity index (χ4v) is 4.44. The molecule has 2 heterocycles. The van der Waals surface area contributed by atoms with Gasteiger partial charge in [0.2, 0.25) is 5.91 Å². The maximum atomic E-state index is 13.9. The zero-order valence-corrected chi connectivity index (χ0v) is 23.3. The number of para-hydroxylation sites is 1. The summed E-state index contributed by atoms with van der Waals surface area (Å²) in [6.45, 7) is 6.26. The summed E-state index contributed by atoms with van der Waals surface area (Å²) in [5, 5.41) is 2.54. The van der Waals surface area contributed by atoms with Crippen molar-refractivity contribution in [2.75, 3.05) is 29.3 Å². The van der Waals surface area contributed by atoms with E-state index in [1.807, 2.05) is 0 Å². The minimum Gasteiger partial charge on any atom is -0.469 e. The van der Waals surface area contributed by atoms with Crippen molar-refractivity contribution in [3.63, 3.8) is 0 Å². The number of ether oxygens (including phenoxy) is 2. The average Bonchev–Trinajstić information content (AvgIpc) is 3.18. The number of rotatable bonds is 5. The van der Waals surface area contributed by atoms with Gasteiger partial charge in [-0.2, -0.15) is 13.2 Å². The predicted octanol–water partition coefficient (Wildman–Crippen LogP) is 4.97. The molecule has 0 aliphatic carbocycles. The van der Waals surface area contributed by atoms with Gasteiger partial charge in [0.1, 0.15) is 17.5 Å². The fraction of sp³-hybridized carbons (Fsp3) is 0.423. The zero-order chi connectivity index (χ0) is 30.2. The first-order valence-corrected chi connectivity index (χ1v) is 12.3. The Morgan fingerprint density at radius 2 is 1.82 bits per heavy atom. The largest absolute Gasteiger partial charge is 0.469 e. The second-order valence-corrected chi connectivity index (χ2v) is 10.5. The molecule has 2 atom stereocenters. The molecule has 10 nitrogen and oxygen atoms in total. The van der Waals surface area contributed by atoms with Crippen LogP contribution in [0.2, 0.25) is 5.02 Å². The average molecular weight is 585 g/mol. The normalized spacial score (nSPS) is 17.4. The summed E-state index contributed by atoms with van der Waals surface area (Å²) >= 11 is 6.32. The second-order valence-electron chi connectivity index (χ2n) is 10.1. The number of methoxy groups -OCH3 is 1. The molecule has 0 bridgehead atoms. The summed E-state index contributed by atoms with van der Waals surface area (Å²) in [4.78, 5) is 58.0. The fourth-order valence-electron chi connectivity index (χ4n) is 4.23. The lowest BCUT2D eigenvalue weighted by molar-refractivity contribution is -0.147. The minimum atomic E-state index is -4.76. The quantitative estimate of drug-likeness (QED) is 0.493. The number of anilines is 3. The van der Waals surface area contributed by atoms with Gasteiger partial charge in [0.15, 0.2) is 0 Å². The van der Waals surface area contributed by atoms with Crippen LogP contribution in [0, 0.1) is 12.8 Å². The maximum absolute atomic E-state index is 13.9. The maximum Gasteiger partial charge on any atom is 0.416 e. The van der Waals surface area contributed by atoms with Gasteiger partial charge in [-0.25, -0.2) is 9.78 Å². The van der Waals surface area contributed by atoms with E-state index in [-0.39, 0.29) is 22.1 Å². The number of hydrogen-bond acceptors (Lipinski definition) is 7. The van der Waals surface area contributed by atoms with E-state index in [0.29, 0.717) is 6.07 Å². The standard InChI is InChI=1S/C26H28ClF3N4O6/c1-13-10-14(26(28,29)30)11-18(31-13)34-19(35)12-15(23(37)39-6)21(34)22(36)33(5)17-9-7-8-16(27)20(17)32-24(38)40-25(2,3)4/h7-11,15,21H,12H2,1-6H3,(H,32,38)/t15-,21-/m0/s1. The number of hydrogen-bond donors (Lipinski definition) is 1. The Balaban J connectivity index is 2.09. The first-order valence-electron chi connectivity index (χ1n) is 12.0. The number of halogens is 4. The number of nitrogens with one attached hydrogen (secondary N) is 1.